The summed E-state index contributed by atoms with van der Waals surface area (Å²) in [5.41, 5.74) is 1.31. The summed E-state index contributed by atoms with van der Waals surface area (Å²) in [5.74, 6) is 0.306. The van der Waals surface area contributed by atoms with Crippen LogP contribution in [-0.2, 0) is 17.8 Å². The quantitative estimate of drug-likeness (QED) is 0.782. The largest absolute Gasteiger partial charge is 0.340 e. The van der Waals surface area contributed by atoms with Crippen LogP contribution in [0.2, 0.25) is 0 Å². The number of aromatic nitrogens is 2. The highest BCUT2D eigenvalue weighted by Gasteiger charge is 2.20. The van der Waals surface area contributed by atoms with Gasteiger partial charge in [0.05, 0.1) is 6.33 Å². The number of imidazole rings is 1. The SMILES string of the molecule is O=C(CCCc1ccccc1)N1CCN(CCn2ccnc2)CC1. The molecular weight excluding hydrogens is 300 g/mol. The van der Waals surface area contributed by atoms with Crippen LogP contribution in [0, 0.1) is 0 Å². The van der Waals surface area contributed by atoms with E-state index in [1.807, 2.05) is 29.7 Å². The normalized spacial score (nSPS) is 15.6. The molecule has 1 fully saturated rings. The van der Waals surface area contributed by atoms with Crippen LogP contribution in [-0.4, -0.2) is 58.0 Å². The molecule has 0 radical (unpaired) electrons. The number of amides is 1. The Kier molecular flexibility index (Phi) is 6.01. The maximum atomic E-state index is 12.3. The molecule has 5 nitrogen and oxygen atoms in total. The van der Waals surface area contributed by atoms with Gasteiger partial charge in [-0.3, -0.25) is 9.69 Å². The van der Waals surface area contributed by atoms with Crippen molar-refractivity contribution in [3.8, 4) is 0 Å². The van der Waals surface area contributed by atoms with Gasteiger partial charge in [-0.2, -0.15) is 0 Å². The molecule has 0 bridgehead atoms. The van der Waals surface area contributed by atoms with E-state index < -0.39 is 0 Å². The van der Waals surface area contributed by atoms with Crippen LogP contribution in [0.5, 0.6) is 0 Å². The Bertz CT molecular complexity index is 604. The summed E-state index contributed by atoms with van der Waals surface area (Å²) in [6.07, 6.45) is 8.23. The van der Waals surface area contributed by atoms with E-state index in [2.05, 4.69) is 38.7 Å². The van der Waals surface area contributed by atoms with Gasteiger partial charge in [-0.1, -0.05) is 30.3 Å². The van der Waals surface area contributed by atoms with E-state index in [0.717, 1.165) is 52.1 Å². The minimum absolute atomic E-state index is 0.306. The zero-order valence-corrected chi connectivity index (χ0v) is 14.2. The van der Waals surface area contributed by atoms with E-state index in [9.17, 15) is 4.79 Å². The molecule has 2 heterocycles. The third kappa shape index (κ3) is 4.93. The first-order valence-corrected chi connectivity index (χ1v) is 8.81. The van der Waals surface area contributed by atoms with Gasteiger partial charge >= 0.3 is 0 Å². The highest BCUT2D eigenvalue weighted by molar-refractivity contribution is 5.76. The van der Waals surface area contributed by atoms with Crippen molar-refractivity contribution in [3.63, 3.8) is 0 Å². The summed E-state index contributed by atoms with van der Waals surface area (Å²) < 4.78 is 2.10. The minimum atomic E-state index is 0.306. The van der Waals surface area contributed by atoms with Crippen molar-refractivity contribution >= 4 is 5.91 Å². The molecule has 1 amide bonds. The predicted octanol–water partition coefficient (Wildman–Crippen LogP) is 2.05. The van der Waals surface area contributed by atoms with Crippen molar-refractivity contribution < 1.29 is 4.79 Å². The second-order valence-electron chi connectivity index (χ2n) is 6.36. The Morgan fingerprint density at radius 1 is 1.04 bits per heavy atom. The maximum Gasteiger partial charge on any atom is 0.222 e. The van der Waals surface area contributed by atoms with Gasteiger partial charge in [0.2, 0.25) is 5.91 Å². The van der Waals surface area contributed by atoms with E-state index in [4.69, 9.17) is 0 Å². The number of hydrogen-bond acceptors (Lipinski definition) is 3. The summed E-state index contributed by atoms with van der Waals surface area (Å²) in [5, 5.41) is 0. The standard InChI is InChI=1S/C19H26N4O/c24-19(8-4-7-18-5-2-1-3-6-18)23-15-13-21(14-16-23)11-12-22-10-9-20-17-22/h1-3,5-6,9-10,17H,4,7-8,11-16H2. The van der Waals surface area contributed by atoms with Crippen molar-refractivity contribution in [3.05, 3.63) is 54.6 Å². The highest BCUT2D eigenvalue weighted by atomic mass is 16.2. The zero-order valence-electron chi connectivity index (χ0n) is 14.2. The lowest BCUT2D eigenvalue weighted by Gasteiger charge is -2.34. The molecule has 1 aromatic carbocycles. The molecule has 128 valence electrons. The number of carbonyl (C=O) groups is 1. The van der Waals surface area contributed by atoms with Gasteiger partial charge in [0, 0.05) is 58.1 Å². The molecule has 0 saturated carbocycles. The van der Waals surface area contributed by atoms with E-state index in [1.165, 1.54) is 5.56 Å². The van der Waals surface area contributed by atoms with E-state index in [1.54, 1.807) is 0 Å². The summed E-state index contributed by atoms with van der Waals surface area (Å²) in [6.45, 7) is 5.64. The first-order valence-electron chi connectivity index (χ1n) is 8.81. The Labute approximate surface area is 143 Å². The Morgan fingerprint density at radius 2 is 1.83 bits per heavy atom. The average molecular weight is 326 g/mol. The van der Waals surface area contributed by atoms with E-state index in [0.29, 0.717) is 12.3 Å². The number of benzene rings is 1. The lowest BCUT2D eigenvalue weighted by Crippen LogP contribution is -2.49. The summed E-state index contributed by atoms with van der Waals surface area (Å²) >= 11 is 0. The van der Waals surface area contributed by atoms with Crippen molar-refractivity contribution in [2.75, 3.05) is 32.7 Å². The Balaban J connectivity index is 1.33. The summed E-state index contributed by atoms with van der Waals surface area (Å²) in [4.78, 5) is 20.8. The monoisotopic (exact) mass is 326 g/mol. The number of piperazine rings is 1. The van der Waals surface area contributed by atoms with Crippen molar-refractivity contribution in [2.45, 2.75) is 25.8 Å². The molecule has 1 aliphatic heterocycles. The molecule has 0 unspecified atom stereocenters. The van der Waals surface area contributed by atoms with Crippen LogP contribution in [0.15, 0.2) is 49.1 Å². The molecule has 0 atom stereocenters. The second kappa shape index (κ2) is 8.64. The first-order chi connectivity index (χ1) is 11.8. The molecule has 5 heteroatoms. The van der Waals surface area contributed by atoms with Crippen molar-refractivity contribution in [1.82, 2.24) is 19.4 Å². The first kappa shape index (κ1) is 16.7. The fourth-order valence-corrected chi connectivity index (χ4v) is 3.14. The van der Waals surface area contributed by atoms with E-state index >= 15 is 0 Å². The highest BCUT2D eigenvalue weighted by Crippen LogP contribution is 2.09. The molecule has 1 saturated heterocycles. The molecule has 2 aromatic rings. The number of nitrogens with zero attached hydrogens (tertiary/aromatic N) is 4. The number of rotatable bonds is 7. The number of hydrogen-bond donors (Lipinski definition) is 0. The third-order valence-corrected chi connectivity index (χ3v) is 4.66. The van der Waals surface area contributed by atoms with Crippen LogP contribution in [0.3, 0.4) is 0 Å². The van der Waals surface area contributed by atoms with Crippen LogP contribution in [0.25, 0.3) is 0 Å². The molecular formula is C19H26N4O. The van der Waals surface area contributed by atoms with Gasteiger partial charge in [0.1, 0.15) is 0 Å². The lowest BCUT2D eigenvalue weighted by atomic mass is 10.1. The van der Waals surface area contributed by atoms with Crippen molar-refractivity contribution in [2.24, 2.45) is 0 Å². The van der Waals surface area contributed by atoms with Gasteiger partial charge in [-0.05, 0) is 18.4 Å². The maximum absolute atomic E-state index is 12.3. The number of aryl methyl sites for hydroxylation is 1. The van der Waals surface area contributed by atoms with Gasteiger partial charge in [-0.25, -0.2) is 4.98 Å². The molecule has 1 aliphatic rings. The zero-order chi connectivity index (χ0) is 16.6. The lowest BCUT2D eigenvalue weighted by molar-refractivity contribution is -0.133. The van der Waals surface area contributed by atoms with Crippen LogP contribution >= 0.6 is 0 Å². The summed E-state index contributed by atoms with van der Waals surface area (Å²) in [6, 6.07) is 10.4. The Morgan fingerprint density at radius 3 is 2.54 bits per heavy atom. The van der Waals surface area contributed by atoms with Gasteiger partial charge in [-0.15, -0.1) is 0 Å². The van der Waals surface area contributed by atoms with Gasteiger partial charge in [0.25, 0.3) is 0 Å². The van der Waals surface area contributed by atoms with Gasteiger partial charge in [0.15, 0.2) is 0 Å². The van der Waals surface area contributed by atoms with Crippen LogP contribution in [0.1, 0.15) is 18.4 Å². The Hall–Kier alpha value is -2.14. The molecule has 0 spiro atoms. The van der Waals surface area contributed by atoms with Crippen LogP contribution in [0.4, 0.5) is 0 Å². The fraction of sp³-hybridized carbons (Fsp3) is 0.474. The molecule has 24 heavy (non-hydrogen) atoms. The van der Waals surface area contributed by atoms with Crippen LogP contribution < -0.4 is 0 Å². The minimum Gasteiger partial charge on any atom is -0.340 e. The second-order valence-corrected chi connectivity index (χ2v) is 6.36. The fourth-order valence-electron chi connectivity index (χ4n) is 3.14. The third-order valence-electron chi connectivity index (χ3n) is 4.66. The molecule has 1 aromatic heterocycles. The predicted molar refractivity (Wildman–Crippen MR) is 94.6 cm³/mol. The molecule has 0 aliphatic carbocycles. The average Bonchev–Trinajstić information content (AvgIpc) is 3.15. The van der Waals surface area contributed by atoms with E-state index in [-0.39, 0.29) is 0 Å². The number of carbonyl (C=O) groups excluding carboxylic acids is 1. The molecule has 0 N–H and O–H groups in total. The molecule has 3 rings (SSSR count). The smallest absolute Gasteiger partial charge is 0.222 e. The van der Waals surface area contributed by atoms with Gasteiger partial charge < -0.3 is 9.47 Å². The summed E-state index contributed by atoms with van der Waals surface area (Å²) in [7, 11) is 0. The topological polar surface area (TPSA) is 41.4 Å². The van der Waals surface area contributed by atoms with Crippen molar-refractivity contribution in [1.29, 1.82) is 0 Å².